The van der Waals surface area contributed by atoms with Crippen molar-refractivity contribution in [2.75, 3.05) is 39.8 Å². The van der Waals surface area contributed by atoms with Gasteiger partial charge in [0, 0.05) is 26.2 Å². The van der Waals surface area contributed by atoms with E-state index in [2.05, 4.69) is 16.5 Å². The topological polar surface area (TPSA) is 69.7 Å². The molecule has 1 amide bonds. The van der Waals surface area contributed by atoms with Gasteiger partial charge < -0.3 is 9.80 Å². The summed E-state index contributed by atoms with van der Waals surface area (Å²) in [5.74, 6) is -0.228. The Morgan fingerprint density at radius 2 is 1.91 bits per heavy atom. The summed E-state index contributed by atoms with van der Waals surface area (Å²) >= 11 is 6.09. The summed E-state index contributed by atoms with van der Waals surface area (Å²) in [5, 5.41) is 0.262. The highest BCUT2D eigenvalue weighted by molar-refractivity contribution is 7.89. The lowest BCUT2D eigenvalue weighted by molar-refractivity contribution is 0.0643. The molecule has 8 heteroatoms. The molecule has 122 valence electrons. The van der Waals surface area contributed by atoms with Crippen LogP contribution in [0.25, 0.3) is 0 Å². The molecule has 0 bridgehead atoms. The van der Waals surface area contributed by atoms with E-state index in [-0.39, 0.29) is 21.4 Å². The van der Waals surface area contributed by atoms with E-state index in [0.29, 0.717) is 13.1 Å². The van der Waals surface area contributed by atoms with E-state index in [1.165, 1.54) is 25.2 Å². The Kier molecular flexibility index (Phi) is 5.44. The zero-order chi connectivity index (χ0) is 16.3. The molecule has 2 rings (SSSR count). The maximum atomic E-state index is 12.6. The van der Waals surface area contributed by atoms with Gasteiger partial charge in [0.2, 0.25) is 10.0 Å². The van der Waals surface area contributed by atoms with Crippen molar-refractivity contribution in [2.24, 2.45) is 0 Å². The Morgan fingerprint density at radius 3 is 2.45 bits per heavy atom. The van der Waals surface area contributed by atoms with Crippen LogP contribution in [-0.2, 0) is 10.0 Å². The molecule has 1 saturated heterocycles. The number of hydrogen-bond donors (Lipinski definition) is 1. The van der Waals surface area contributed by atoms with Gasteiger partial charge in [0.25, 0.3) is 5.91 Å². The summed E-state index contributed by atoms with van der Waals surface area (Å²) in [7, 11) is -2.27. The van der Waals surface area contributed by atoms with Gasteiger partial charge in [0.05, 0.1) is 15.5 Å². The molecular weight excluding hydrogens is 326 g/mol. The number of piperazine rings is 1. The standard InChI is InChI=1S/C14H20ClN3O3S/c1-3-17-6-8-18(9-7-17)14(19)12-10-11(4-5-13(12)15)22(20,21)16-2/h4-5,10,16H,3,6-9H2,1-2H3. The number of benzene rings is 1. The van der Waals surface area contributed by atoms with Crippen LogP contribution in [0.15, 0.2) is 23.1 Å². The van der Waals surface area contributed by atoms with Crippen LogP contribution in [0.5, 0.6) is 0 Å². The van der Waals surface area contributed by atoms with Crippen LogP contribution in [0, 0.1) is 0 Å². The van der Waals surface area contributed by atoms with Gasteiger partial charge in [0.1, 0.15) is 0 Å². The molecule has 1 N–H and O–H groups in total. The highest BCUT2D eigenvalue weighted by Gasteiger charge is 2.24. The second-order valence-corrected chi connectivity index (χ2v) is 7.37. The Labute approximate surface area is 136 Å². The lowest BCUT2D eigenvalue weighted by atomic mass is 10.2. The monoisotopic (exact) mass is 345 g/mol. The molecule has 22 heavy (non-hydrogen) atoms. The first-order valence-electron chi connectivity index (χ1n) is 7.13. The number of likely N-dealkylation sites (N-methyl/N-ethyl adjacent to an activating group) is 1. The van der Waals surface area contributed by atoms with Gasteiger partial charge in [-0.25, -0.2) is 13.1 Å². The fourth-order valence-corrected chi connectivity index (χ4v) is 3.35. The number of halogens is 1. The highest BCUT2D eigenvalue weighted by atomic mass is 35.5. The fraction of sp³-hybridized carbons (Fsp3) is 0.500. The number of carbonyl (C=O) groups excluding carboxylic acids is 1. The summed E-state index contributed by atoms with van der Waals surface area (Å²) in [6, 6.07) is 4.17. The Hall–Kier alpha value is -1.15. The van der Waals surface area contributed by atoms with E-state index in [9.17, 15) is 13.2 Å². The quantitative estimate of drug-likeness (QED) is 0.884. The third-order valence-electron chi connectivity index (χ3n) is 3.85. The van der Waals surface area contributed by atoms with Gasteiger partial charge in [-0.3, -0.25) is 4.79 Å². The zero-order valence-electron chi connectivity index (χ0n) is 12.7. The molecule has 0 aliphatic carbocycles. The summed E-state index contributed by atoms with van der Waals surface area (Å²) < 4.78 is 26.0. The van der Waals surface area contributed by atoms with E-state index in [4.69, 9.17) is 11.6 Å². The van der Waals surface area contributed by atoms with E-state index in [1.54, 1.807) is 4.90 Å². The van der Waals surface area contributed by atoms with Gasteiger partial charge in [-0.1, -0.05) is 18.5 Å². The minimum Gasteiger partial charge on any atom is -0.336 e. The summed E-state index contributed by atoms with van der Waals surface area (Å²) in [5.41, 5.74) is 0.225. The third kappa shape index (κ3) is 3.60. The van der Waals surface area contributed by atoms with E-state index >= 15 is 0 Å². The number of rotatable bonds is 4. The largest absolute Gasteiger partial charge is 0.336 e. The number of amides is 1. The second kappa shape index (κ2) is 6.95. The van der Waals surface area contributed by atoms with Crippen LogP contribution >= 0.6 is 11.6 Å². The molecule has 0 unspecified atom stereocenters. The zero-order valence-corrected chi connectivity index (χ0v) is 14.2. The first-order chi connectivity index (χ1) is 10.4. The molecule has 1 aliphatic heterocycles. The number of nitrogens with zero attached hydrogens (tertiary/aromatic N) is 2. The fourth-order valence-electron chi connectivity index (χ4n) is 2.39. The normalized spacial score (nSPS) is 16.8. The molecule has 6 nitrogen and oxygen atoms in total. The summed E-state index contributed by atoms with van der Waals surface area (Å²) in [6.07, 6.45) is 0. The highest BCUT2D eigenvalue weighted by Crippen LogP contribution is 2.22. The van der Waals surface area contributed by atoms with Crippen molar-refractivity contribution < 1.29 is 13.2 Å². The van der Waals surface area contributed by atoms with Crippen LogP contribution in [0.1, 0.15) is 17.3 Å². The Balaban J connectivity index is 2.25. The van der Waals surface area contributed by atoms with Crippen LogP contribution in [-0.4, -0.2) is 63.9 Å². The van der Waals surface area contributed by atoms with Crippen molar-refractivity contribution in [2.45, 2.75) is 11.8 Å². The maximum Gasteiger partial charge on any atom is 0.255 e. The van der Waals surface area contributed by atoms with Crippen molar-refractivity contribution >= 4 is 27.5 Å². The predicted octanol–water partition coefficient (Wildman–Crippen LogP) is 1.03. The number of nitrogens with one attached hydrogen (secondary N) is 1. The van der Waals surface area contributed by atoms with Crippen LogP contribution in [0.3, 0.4) is 0 Å². The third-order valence-corrected chi connectivity index (χ3v) is 5.60. The molecular formula is C14H20ClN3O3S. The molecule has 0 saturated carbocycles. The first kappa shape index (κ1) is 17.2. The maximum absolute atomic E-state index is 12.6. The van der Waals surface area contributed by atoms with Crippen molar-refractivity contribution in [1.82, 2.24) is 14.5 Å². The molecule has 1 heterocycles. The lowest BCUT2D eigenvalue weighted by Crippen LogP contribution is -2.48. The predicted molar refractivity (Wildman–Crippen MR) is 85.7 cm³/mol. The van der Waals surface area contributed by atoms with Gasteiger partial charge in [0.15, 0.2) is 0 Å². The van der Waals surface area contributed by atoms with Gasteiger partial charge in [-0.15, -0.1) is 0 Å². The molecule has 1 aromatic rings. The van der Waals surface area contributed by atoms with Gasteiger partial charge >= 0.3 is 0 Å². The van der Waals surface area contributed by atoms with E-state index < -0.39 is 10.0 Å². The number of carbonyl (C=O) groups is 1. The Bertz CT molecular complexity index is 655. The molecule has 0 atom stereocenters. The van der Waals surface area contributed by atoms with Crippen LogP contribution in [0.2, 0.25) is 5.02 Å². The minimum atomic E-state index is -3.60. The van der Waals surface area contributed by atoms with Crippen LogP contribution < -0.4 is 4.72 Å². The van der Waals surface area contributed by atoms with Crippen molar-refractivity contribution in [3.05, 3.63) is 28.8 Å². The molecule has 0 radical (unpaired) electrons. The van der Waals surface area contributed by atoms with E-state index in [0.717, 1.165) is 19.6 Å². The smallest absolute Gasteiger partial charge is 0.255 e. The number of sulfonamides is 1. The average molecular weight is 346 g/mol. The molecule has 1 aromatic carbocycles. The van der Waals surface area contributed by atoms with Crippen molar-refractivity contribution in [1.29, 1.82) is 0 Å². The van der Waals surface area contributed by atoms with Crippen LogP contribution in [0.4, 0.5) is 0 Å². The molecule has 1 aliphatic rings. The summed E-state index contributed by atoms with van der Waals surface area (Å²) in [6.45, 7) is 5.90. The summed E-state index contributed by atoms with van der Waals surface area (Å²) in [4.78, 5) is 16.6. The number of hydrogen-bond acceptors (Lipinski definition) is 4. The van der Waals surface area contributed by atoms with Crippen molar-refractivity contribution in [3.8, 4) is 0 Å². The minimum absolute atomic E-state index is 0.0370. The Morgan fingerprint density at radius 1 is 1.27 bits per heavy atom. The molecule has 0 aromatic heterocycles. The average Bonchev–Trinajstić information content (AvgIpc) is 2.54. The second-order valence-electron chi connectivity index (χ2n) is 5.08. The van der Waals surface area contributed by atoms with E-state index in [1.807, 2.05) is 0 Å². The molecule has 0 spiro atoms. The van der Waals surface area contributed by atoms with Crippen molar-refractivity contribution in [3.63, 3.8) is 0 Å². The molecule has 1 fully saturated rings. The lowest BCUT2D eigenvalue weighted by Gasteiger charge is -2.34. The SMILES string of the molecule is CCN1CCN(C(=O)c2cc(S(=O)(=O)NC)ccc2Cl)CC1. The first-order valence-corrected chi connectivity index (χ1v) is 9.00. The van der Waals surface area contributed by atoms with Gasteiger partial charge in [-0.05, 0) is 31.8 Å². The van der Waals surface area contributed by atoms with Gasteiger partial charge in [-0.2, -0.15) is 0 Å².